The predicted molar refractivity (Wildman–Crippen MR) is 265 cm³/mol. The first-order valence-corrected chi connectivity index (χ1v) is 25.0. The topological polar surface area (TPSA) is 78.9 Å². The van der Waals surface area contributed by atoms with E-state index < -0.39 is 12.1 Å². The standard InChI is InChI=1S/C56H90O6/c1-4-7-10-13-16-19-22-25-26-27-28-29-32-34-37-40-43-46-49-55(58)61-52-53(62-56(59)50-47-44-41-38-35-31-24-21-18-15-12-9-6-3)51-60-54(57)48-45-42-39-36-33-30-23-20-17-14-11-8-5-2/h8-9,11-12,14-15,17-18,20-21,23-24,30-31,33,35,38,41,53H,4-7,10,13,16,19,22,25-29,32,34,36-37,39-40,42-52H2,1-3H3/b11-8-,12-9-,17-14-,18-15-,23-20-,24-21-,33-30-,35-31-,41-38-. The average Bonchev–Trinajstić information content (AvgIpc) is 3.27. The molecule has 0 spiro atoms. The smallest absolute Gasteiger partial charge is 0.306 e. The Kier molecular flexibility index (Phi) is 46.6. The van der Waals surface area contributed by atoms with Crippen LogP contribution in [0.5, 0.6) is 0 Å². The minimum absolute atomic E-state index is 0.120. The van der Waals surface area contributed by atoms with Crippen molar-refractivity contribution in [1.29, 1.82) is 0 Å². The van der Waals surface area contributed by atoms with Crippen LogP contribution in [0.1, 0.15) is 207 Å². The van der Waals surface area contributed by atoms with Crippen molar-refractivity contribution in [3.05, 3.63) is 109 Å². The van der Waals surface area contributed by atoms with Gasteiger partial charge in [0.15, 0.2) is 6.10 Å². The summed E-state index contributed by atoms with van der Waals surface area (Å²) in [5.41, 5.74) is 0. The third-order valence-electron chi connectivity index (χ3n) is 10.2. The van der Waals surface area contributed by atoms with Crippen molar-refractivity contribution in [2.75, 3.05) is 13.2 Å². The number of carbonyl (C=O) groups is 3. The van der Waals surface area contributed by atoms with E-state index in [0.717, 1.165) is 64.2 Å². The fourth-order valence-corrected chi connectivity index (χ4v) is 6.54. The number of allylic oxidation sites excluding steroid dienone is 18. The van der Waals surface area contributed by atoms with E-state index in [4.69, 9.17) is 14.2 Å². The van der Waals surface area contributed by atoms with Gasteiger partial charge >= 0.3 is 17.9 Å². The molecule has 0 fully saturated rings. The summed E-state index contributed by atoms with van der Waals surface area (Å²) in [7, 11) is 0. The molecule has 0 aromatic rings. The molecule has 0 aliphatic rings. The van der Waals surface area contributed by atoms with E-state index in [0.29, 0.717) is 19.3 Å². The van der Waals surface area contributed by atoms with Gasteiger partial charge in [-0.1, -0.05) is 246 Å². The fraction of sp³-hybridized carbons (Fsp3) is 0.625. The quantitative estimate of drug-likeness (QED) is 0.0263. The molecule has 0 bridgehead atoms. The molecule has 0 amide bonds. The van der Waals surface area contributed by atoms with E-state index in [2.05, 4.69) is 39.0 Å². The normalized spacial score (nSPS) is 13.0. The second kappa shape index (κ2) is 49.7. The molecule has 350 valence electrons. The highest BCUT2D eigenvalue weighted by atomic mass is 16.6. The van der Waals surface area contributed by atoms with E-state index in [1.54, 1.807) is 0 Å². The van der Waals surface area contributed by atoms with Crippen LogP contribution in [0.3, 0.4) is 0 Å². The lowest BCUT2D eigenvalue weighted by atomic mass is 10.0. The first-order valence-electron chi connectivity index (χ1n) is 25.0. The highest BCUT2D eigenvalue weighted by Crippen LogP contribution is 2.15. The maximum absolute atomic E-state index is 12.7. The molecule has 0 aromatic heterocycles. The van der Waals surface area contributed by atoms with E-state index in [1.807, 2.05) is 91.1 Å². The average molecular weight is 859 g/mol. The molecule has 0 N–H and O–H groups in total. The van der Waals surface area contributed by atoms with E-state index in [9.17, 15) is 14.4 Å². The van der Waals surface area contributed by atoms with Gasteiger partial charge in [0.1, 0.15) is 13.2 Å². The molecule has 1 atom stereocenters. The van der Waals surface area contributed by atoms with Gasteiger partial charge in [0.2, 0.25) is 0 Å². The Bertz CT molecular complexity index is 1310. The van der Waals surface area contributed by atoms with Crippen LogP contribution in [0.25, 0.3) is 0 Å². The summed E-state index contributed by atoms with van der Waals surface area (Å²) in [5.74, 6) is -1.04. The number of hydrogen-bond donors (Lipinski definition) is 0. The lowest BCUT2D eigenvalue weighted by Gasteiger charge is -2.18. The van der Waals surface area contributed by atoms with Crippen molar-refractivity contribution in [3.63, 3.8) is 0 Å². The number of unbranched alkanes of at least 4 members (excludes halogenated alkanes) is 21. The molecule has 0 saturated heterocycles. The van der Waals surface area contributed by atoms with Crippen molar-refractivity contribution >= 4 is 17.9 Å². The Labute approximate surface area is 380 Å². The summed E-state index contributed by atoms with van der Waals surface area (Å²) in [6.07, 6.45) is 66.6. The fourth-order valence-electron chi connectivity index (χ4n) is 6.54. The molecule has 0 rings (SSSR count). The molecule has 1 unspecified atom stereocenters. The SMILES string of the molecule is CC\C=C/C=C\C=C/C=C\C=C/CCCC(=O)OC(COC(=O)CCCCC\C=C/C=C\C=C/C=C\CC)COC(=O)CCCCCCCCCCCCCCCCCCCC. The van der Waals surface area contributed by atoms with E-state index in [1.165, 1.54) is 96.3 Å². The zero-order valence-corrected chi connectivity index (χ0v) is 39.8. The van der Waals surface area contributed by atoms with Gasteiger partial charge in [0.05, 0.1) is 0 Å². The van der Waals surface area contributed by atoms with Gasteiger partial charge in [0.25, 0.3) is 0 Å². The molecule has 0 aliphatic heterocycles. The minimum Gasteiger partial charge on any atom is -0.462 e. The largest absolute Gasteiger partial charge is 0.462 e. The Hall–Kier alpha value is -3.93. The molecule has 0 saturated carbocycles. The van der Waals surface area contributed by atoms with Gasteiger partial charge in [-0.2, -0.15) is 0 Å². The Balaban J connectivity index is 4.49. The first-order chi connectivity index (χ1) is 30.5. The second-order valence-electron chi connectivity index (χ2n) is 16.2. The predicted octanol–water partition coefficient (Wildman–Crippen LogP) is 16.4. The Morgan fingerprint density at radius 3 is 1.03 bits per heavy atom. The molecule has 0 heterocycles. The zero-order chi connectivity index (χ0) is 45.1. The van der Waals surface area contributed by atoms with Gasteiger partial charge in [-0.15, -0.1) is 0 Å². The van der Waals surface area contributed by atoms with E-state index in [-0.39, 0.29) is 31.6 Å². The Morgan fingerprint density at radius 2 is 0.645 bits per heavy atom. The van der Waals surface area contributed by atoms with Crippen molar-refractivity contribution in [2.45, 2.75) is 213 Å². The lowest BCUT2D eigenvalue weighted by Crippen LogP contribution is -2.30. The number of carbonyl (C=O) groups excluding carboxylic acids is 3. The summed E-state index contributed by atoms with van der Waals surface area (Å²) in [6.45, 7) is 6.25. The third kappa shape index (κ3) is 47.1. The number of ether oxygens (including phenoxy) is 3. The molecule has 0 aromatic carbocycles. The van der Waals surface area contributed by atoms with Crippen LogP contribution < -0.4 is 0 Å². The summed E-state index contributed by atoms with van der Waals surface area (Å²) < 4.78 is 16.7. The molecular weight excluding hydrogens is 769 g/mol. The van der Waals surface area contributed by atoms with Crippen LogP contribution in [0.4, 0.5) is 0 Å². The number of hydrogen-bond acceptors (Lipinski definition) is 6. The highest BCUT2D eigenvalue weighted by molar-refractivity contribution is 5.71. The van der Waals surface area contributed by atoms with Gasteiger partial charge in [-0.3, -0.25) is 14.4 Å². The summed E-state index contributed by atoms with van der Waals surface area (Å²) >= 11 is 0. The summed E-state index contributed by atoms with van der Waals surface area (Å²) in [6, 6.07) is 0. The lowest BCUT2D eigenvalue weighted by molar-refractivity contribution is -0.167. The van der Waals surface area contributed by atoms with Gasteiger partial charge in [0, 0.05) is 19.3 Å². The van der Waals surface area contributed by atoms with Gasteiger partial charge in [-0.25, -0.2) is 0 Å². The van der Waals surface area contributed by atoms with Crippen LogP contribution in [0.15, 0.2) is 109 Å². The monoisotopic (exact) mass is 859 g/mol. The molecule has 62 heavy (non-hydrogen) atoms. The molecule has 6 nitrogen and oxygen atoms in total. The van der Waals surface area contributed by atoms with Crippen LogP contribution in [-0.4, -0.2) is 37.2 Å². The van der Waals surface area contributed by atoms with Crippen molar-refractivity contribution in [3.8, 4) is 0 Å². The molecule has 6 heteroatoms. The van der Waals surface area contributed by atoms with E-state index >= 15 is 0 Å². The zero-order valence-electron chi connectivity index (χ0n) is 39.8. The third-order valence-corrected chi connectivity index (χ3v) is 10.2. The minimum atomic E-state index is -0.830. The molecule has 0 radical (unpaired) electrons. The van der Waals surface area contributed by atoms with Crippen LogP contribution in [-0.2, 0) is 28.6 Å². The van der Waals surface area contributed by atoms with Crippen LogP contribution in [0.2, 0.25) is 0 Å². The van der Waals surface area contributed by atoms with Crippen molar-refractivity contribution in [1.82, 2.24) is 0 Å². The first kappa shape index (κ1) is 58.1. The Morgan fingerprint density at radius 1 is 0.339 bits per heavy atom. The summed E-state index contributed by atoms with van der Waals surface area (Å²) in [4.78, 5) is 37.9. The van der Waals surface area contributed by atoms with Crippen molar-refractivity contribution in [2.24, 2.45) is 0 Å². The number of rotatable bonds is 43. The van der Waals surface area contributed by atoms with Gasteiger partial charge in [-0.05, 0) is 51.4 Å². The maximum atomic E-state index is 12.7. The molecular formula is C56H90O6. The van der Waals surface area contributed by atoms with Gasteiger partial charge < -0.3 is 14.2 Å². The summed E-state index contributed by atoms with van der Waals surface area (Å²) in [5, 5.41) is 0. The number of esters is 3. The van der Waals surface area contributed by atoms with Crippen molar-refractivity contribution < 1.29 is 28.6 Å². The maximum Gasteiger partial charge on any atom is 0.306 e. The second-order valence-corrected chi connectivity index (χ2v) is 16.2. The highest BCUT2D eigenvalue weighted by Gasteiger charge is 2.19. The molecule has 0 aliphatic carbocycles. The van der Waals surface area contributed by atoms with Crippen LogP contribution in [0, 0.1) is 0 Å². The van der Waals surface area contributed by atoms with Crippen LogP contribution >= 0.6 is 0 Å².